The van der Waals surface area contributed by atoms with Crippen LogP contribution in [0.4, 0.5) is 0 Å². The molecule has 6 heteroatoms. The molecule has 3 rings (SSSR count). The summed E-state index contributed by atoms with van der Waals surface area (Å²) in [5.41, 5.74) is 1.05. The van der Waals surface area contributed by atoms with Crippen LogP contribution in [-0.2, 0) is 14.1 Å². The lowest BCUT2D eigenvalue weighted by molar-refractivity contribution is 0.409. The minimum absolute atomic E-state index is 0.122. The first-order valence-corrected chi connectivity index (χ1v) is 7.67. The fourth-order valence-electron chi connectivity index (χ4n) is 2.46. The second kappa shape index (κ2) is 6.68. The molecule has 0 aliphatic carbocycles. The van der Waals surface area contributed by atoms with E-state index in [1.807, 2.05) is 12.1 Å². The third kappa shape index (κ3) is 3.47. The molecule has 0 aliphatic heterocycles. The van der Waals surface area contributed by atoms with Gasteiger partial charge in [-0.15, -0.1) is 0 Å². The van der Waals surface area contributed by atoms with E-state index >= 15 is 0 Å². The Morgan fingerprint density at radius 2 is 1.56 bits per heavy atom. The third-order valence-corrected chi connectivity index (χ3v) is 3.86. The van der Waals surface area contributed by atoms with Crippen molar-refractivity contribution in [3.05, 3.63) is 75.6 Å². The van der Waals surface area contributed by atoms with E-state index in [4.69, 9.17) is 9.47 Å². The molecule has 6 nitrogen and oxygen atoms in total. The van der Waals surface area contributed by atoms with Crippen LogP contribution in [0, 0.1) is 0 Å². The standard InChI is InChI=1S/C19H18N2O4/c1-20-11-13(7-8-18(20)22)16-10-19(23)21(2)12-17(16)25-15-6-4-5-14(9-15)24-3/h4-12H,1-3H3. The molecule has 0 unspecified atom stereocenters. The number of aryl methyl sites for hydroxylation is 2. The number of benzene rings is 1. The van der Waals surface area contributed by atoms with E-state index in [1.54, 1.807) is 51.8 Å². The van der Waals surface area contributed by atoms with Gasteiger partial charge in [0.2, 0.25) is 5.56 Å². The second-order valence-electron chi connectivity index (χ2n) is 5.65. The minimum atomic E-state index is -0.165. The van der Waals surface area contributed by atoms with E-state index in [0.29, 0.717) is 22.8 Å². The summed E-state index contributed by atoms with van der Waals surface area (Å²) in [7, 11) is 4.90. The molecule has 0 radical (unpaired) electrons. The Kier molecular flexibility index (Phi) is 4.43. The van der Waals surface area contributed by atoms with E-state index in [-0.39, 0.29) is 11.1 Å². The lowest BCUT2D eigenvalue weighted by Crippen LogP contribution is -2.17. The minimum Gasteiger partial charge on any atom is -0.497 e. The maximum Gasteiger partial charge on any atom is 0.251 e. The Hall–Kier alpha value is -3.28. The molecule has 0 saturated heterocycles. The van der Waals surface area contributed by atoms with Crippen molar-refractivity contribution in [2.45, 2.75) is 0 Å². The van der Waals surface area contributed by atoms with Gasteiger partial charge in [0.15, 0.2) is 5.75 Å². The van der Waals surface area contributed by atoms with Crippen LogP contribution in [0.3, 0.4) is 0 Å². The molecule has 0 N–H and O–H groups in total. The normalized spacial score (nSPS) is 10.5. The number of pyridine rings is 2. The Bertz CT molecular complexity index is 1030. The summed E-state index contributed by atoms with van der Waals surface area (Å²) in [6, 6.07) is 11.8. The van der Waals surface area contributed by atoms with Crippen molar-refractivity contribution in [3.63, 3.8) is 0 Å². The van der Waals surface area contributed by atoms with E-state index < -0.39 is 0 Å². The van der Waals surface area contributed by atoms with Gasteiger partial charge in [0, 0.05) is 49.6 Å². The number of methoxy groups -OCH3 is 1. The van der Waals surface area contributed by atoms with Crippen LogP contribution in [0.15, 0.2) is 64.4 Å². The summed E-state index contributed by atoms with van der Waals surface area (Å²) < 4.78 is 14.1. The maximum absolute atomic E-state index is 12.1. The average molecular weight is 338 g/mol. The summed E-state index contributed by atoms with van der Waals surface area (Å²) in [4.78, 5) is 23.7. The van der Waals surface area contributed by atoms with Crippen LogP contribution in [0.2, 0.25) is 0 Å². The van der Waals surface area contributed by atoms with Gasteiger partial charge in [-0.1, -0.05) is 6.07 Å². The van der Waals surface area contributed by atoms with Crippen molar-refractivity contribution in [1.29, 1.82) is 0 Å². The van der Waals surface area contributed by atoms with E-state index in [1.165, 1.54) is 21.3 Å². The highest BCUT2D eigenvalue weighted by molar-refractivity contribution is 5.69. The largest absolute Gasteiger partial charge is 0.497 e. The predicted molar refractivity (Wildman–Crippen MR) is 95.4 cm³/mol. The molecule has 0 spiro atoms. The first-order chi connectivity index (χ1) is 12.0. The SMILES string of the molecule is COc1cccc(Oc2cn(C)c(=O)cc2-c2ccc(=O)n(C)c2)c1. The Labute approximate surface area is 144 Å². The Balaban J connectivity index is 2.11. The molecule has 1 aromatic carbocycles. The fourth-order valence-corrected chi connectivity index (χ4v) is 2.46. The second-order valence-corrected chi connectivity index (χ2v) is 5.65. The number of aromatic nitrogens is 2. The van der Waals surface area contributed by atoms with Crippen LogP contribution >= 0.6 is 0 Å². The average Bonchev–Trinajstić information content (AvgIpc) is 2.60. The van der Waals surface area contributed by atoms with Crippen molar-refractivity contribution in [1.82, 2.24) is 9.13 Å². The number of ether oxygens (including phenoxy) is 2. The zero-order chi connectivity index (χ0) is 18.0. The number of nitrogens with zero attached hydrogens (tertiary/aromatic N) is 2. The molecule has 0 aliphatic rings. The third-order valence-electron chi connectivity index (χ3n) is 3.86. The molecule has 0 saturated carbocycles. The van der Waals surface area contributed by atoms with Crippen LogP contribution in [0.1, 0.15) is 0 Å². The van der Waals surface area contributed by atoms with Crippen molar-refractivity contribution in [2.75, 3.05) is 7.11 Å². The van der Waals surface area contributed by atoms with Crippen molar-refractivity contribution in [3.8, 4) is 28.4 Å². The van der Waals surface area contributed by atoms with E-state index in [9.17, 15) is 9.59 Å². The van der Waals surface area contributed by atoms with Gasteiger partial charge >= 0.3 is 0 Å². The van der Waals surface area contributed by atoms with Crippen LogP contribution in [0.5, 0.6) is 17.2 Å². The summed E-state index contributed by atoms with van der Waals surface area (Å²) in [6.07, 6.45) is 3.30. The molecule has 25 heavy (non-hydrogen) atoms. The summed E-state index contributed by atoms with van der Waals surface area (Å²) in [5, 5.41) is 0. The number of hydrogen-bond donors (Lipinski definition) is 0. The number of rotatable bonds is 4. The lowest BCUT2D eigenvalue weighted by Gasteiger charge is -2.14. The van der Waals surface area contributed by atoms with Gasteiger partial charge in [-0.3, -0.25) is 9.59 Å². The topological polar surface area (TPSA) is 62.5 Å². The number of hydrogen-bond acceptors (Lipinski definition) is 4. The lowest BCUT2D eigenvalue weighted by atomic mass is 10.1. The van der Waals surface area contributed by atoms with Crippen LogP contribution in [-0.4, -0.2) is 16.2 Å². The van der Waals surface area contributed by atoms with Gasteiger partial charge in [0.05, 0.1) is 13.3 Å². The first-order valence-electron chi connectivity index (χ1n) is 7.67. The zero-order valence-electron chi connectivity index (χ0n) is 14.2. The highest BCUT2D eigenvalue weighted by Crippen LogP contribution is 2.32. The van der Waals surface area contributed by atoms with Gasteiger partial charge in [-0.25, -0.2) is 0 Å². The summed E-state index contributed by atoms with van der Waals surface area (Å²) in [6.45, 7) is 0. The fraction of sp³-hybridized carbons (Fsp3) is 0.158. The van der Waals surface area contributed by atoms with Gasteiger partial charge < -0.3 is 18.6 Å². The Morgan fingerprint density at radius 3 is 2.28 bits per heavy atom. The van der Waals surface area contributed by atoms with Gasteiger partial charge in [0.25, 0.3) is 5.56 Å². The van der Waals surface area contributed by atoms with Gasteiger partial charge in [0.1, 0.15) is 11.5 Å². The molecule has 0 amide bonds. The highest BCUT2D eigenvalue weighted by atomic mass is 16.5. The zero-order valence-corrected chi connectivity index (χ0v) is 14.2. The van der Waals surface area contributed by atoms with E-state index in [2.05, 4.69) is 0 Å². The molecular formula is C19H18N2O4. The molecule has 0 bridgehead atoms. The van der Waals surface area contributed by atoms with Gasteiger partial charge in [-0.05, 0) is 18.2 Å². The summed E-state index contributed by atoms with van der Waals surface area (Å²) >= 11 is 0. The van der Waals surface area contributed by atoms with E-state index in [0.717, 1.165) is 5.56 Å². The first kappa shape index (κ1) is 16.6. The summed E-state index contributed by atoms with van der Waals surface area (Å²) in [5.74, 6) is 1.77. The molecule has 3 aromatic rings. The smallest absolute Gasteiger partial charge is 0.251 e. The molecule has 128 valence electrons. The van der Waals surface area contributed by atoms with Crippen LogP contribution in [0.25, 0.3) is 11.1 Å². The quantitative estimate of drug-likeness (QED) is 0.733. The van der Waals surface area contributed by atoms with Gasteiger partial charge in [-0.2, -0.15) is 0 Å². The Morgan fingerprint density at radius 1 is 0.840 bits per heavy atom. The molecule has 2 heterocycles. The molecular weight excluding hydrogens is 320 g/mol. The van der Waals surface area contributed by atoms with Crippen molar-refractivity contribution in [2.24, 2.45) is 14.1 Å². The maximum atomic E-state index is 12.1. The molecule has 2 aromatic heterocycles. The van der Waals surface area contributed by atoms with Crippen molar-refractivity contribution < 1.29 is 9.47 Å². The van der Waals surface area contributed by atoms with Crippen molar-refractivity contribution >= 4 is 0 Å². The monoisotopic (exact) mass is 338 g/mol. The predicted octanol–water partition coefficient (Wildman–Crippen LogP) is 2.55. The van der Waals surface area contributed by atoms with Crippen LogP contribution < -0.4 is 20.6 Å². The highest BCUT2D eigenvalue weighted by Gasteiger charge is 2.12. The molecule has 0 atom stereocenters. The molecule has 0 fully saturated rings.